The molecule has 36 heavy (non-hydrogen) atoms. The maximum absolute atomic E-state index is 10.0. The quantitative estimate of drug-likeness (QED) is 0.321. The van der Waals surface area contributed by atoms with Crippen molar-refractivity contribution in [1.82, 2.24) is 0 Å². The summed E-state index contributed by atoms with van der Waals surface area (Å²) in [5, 5.41) is 23.8. The average Bonchev–Trinajstić information content (AvgIpc) is 2.86. The van der Waals surface area contributed by atoms with Crippen LogP contribution in [0.5, 0.6) is 23.0 Å². The van der Waals surface area contributed by atoms with Crippen molar-refractivity contribution in [2.75, 3.05) is 28.4 Å². The molecule has 0 amide bonds. The van der Waals surface area contributed by atoms with Crippen molar-refractivity contribution in [2.45, 2.75) is 38.9 Å². The molecule has 4 rings (SSSR count). The van der Waals surface area contributed by atoms with Crippen molar-refractivity contribution < 1.29 is 29.2 Å². The molecule has 2 atom stereocenters. The number of hydrogen-bond donors (Lipinski definition) is 2. The Balaban J connectivity index is 1.95. The Morgan fingerprint density at radius 1 is 0.556 bits per heavy atom. The number of benzene rings is 4. The Morgan fingerprint density at radius 3 is 1.25 bits per heavy atom. The normalized spacial score (nSPS) is 13.0. The Bertz CT molecular complexity index is 1280. The molecule has 4 aromatic rings. The number of fused-ring (bicyclic) bond motifs is 2. The van der Waals surface area contributed by atoms with Gasteiger partial charge >= 0.3 is 0 Å². The monoisotopic (exact) mass is 490 g/mol. The SMILES string of the molecule is COc1cc(C[C@H](C)O)c(OC)c2cc(-c3ccc4c(OC)cc(C[C@H](C)O)c(OC)c4c3)ccc12. The molecule has 190 valence electrons. The van der Waals surface area contributed by atoms with Crippen LogP contribution in [-0.4, -0.2) is 50.9 Å². The maximum atomic E-state index is 10.0. The average molecular weight is 491 g/mol. The molecule has 0 spiro atoms. The predicted octanol–water partition coefficient (Wildman–Crippen LogP) is 5.54. The second-order valence-corrected chi connectivity index (χ2v) is 9.17. The van der Waals surface area contributed by atoms with E-state index in [9.17, 15) is 10.2 Å². The van der Waals surface area contributed by atoms with Crippen LogP contribution in [-0.2, 0) is 12.8 Å². The summed E-state index contributed by atoms with van der Waals surface area (Å²) in [6, 6.07) is 16.2. The van der Waals surface area contributed by atoms with E-state index in [4.69, 9.17) is 18.9 Å². The molecule has 0 fully saturated rings. The minimum absolute atomic E-state index is 0.457. The van der Waals surface area contributed by atoms with Crippen LogP contribution >= 0.6 is 0 Å². The molecule has 0 saturated heterocycles. The first-order valence-electron chi connectivity index (χ1n) is 12.0. The zero-order valence-electron chi connectivity index (χ0n) is 21.7. The smallest absolute Gasteiger partial charge is 0.130 e. The molecule has 0 heterocycles. The van der Waals surface area contributed by atoms with Crippen LogP contribution in [0, 0.1) is 0 Å². The van der Waals surface area contributed by atoms with Gasteiger partial charge in [0.2, 0.25) is 0 Å². The zero-order chi connectivity index (χ0) is 26.0. The lowest BCUT2D eigenvalue weighted by Gasteiger charge is -2.18. The fourth-order valence-corrected chi connectivity index (χ4v) is 4.96. The van der Waals surface area contributed by atoms with E-state index in [1.165, 1.54) is 0 Å². The molecule has 0 saturated carbocycles. The number of rotatable bonds is 9. The number of aliphatic hydroxyl groups is 2. The Kier molecular flexibility index (Phi) is 7.57. The molecule has 6 heteroatoms. The lowest BCUT2D eigenvalue weighted by atomic mass is 9.94. The summed E-state index contributed by atoms with van der Waals surface area (Å²) < 4.78 is 23.0. The summed E-state index contributed by atoms with van der Waals surface area (Å²) in [7, 11) is 6.59. The highest BCUT2D eigenvalue weighted by Gasteiger charge is 2.18. The highest BCUT2D eigenvalue weighted by Crippen LogP contribution is 2.42. The molecule has 6 nitrogen and oxygen atoms in total. The van der Waals surface area contributed by atoms with Gasteiger partial charge in [0.05, 0.1) is 40.6 Å². The summed E-state index contributed by atoms with van der Waals surface area (Å²) in [6.45, 7) is 3.52. The van der Waals surface area contributed by atoms with Crippen LogP contribution < -0.4 is 18.9 Å². The Labute approximate surface area is 212 Å². The van der Waals surface area contributed by atoms with Gasteiger partial charge in [0.15, 0.2) is 0 Å². The number of ether oxygens (including phenoxy) is 4. The second-order valence-electron chi connectivity index (χ2n) is 9.17. The third kappa shape index (κ3) is 4.79. The third-order valence-corrected chi connectivity index (χ3v) is 6.47. The van der Waals surface area contributed by atoms with Gasteiger partial charge < -0.3 is 29.2 Å². The van der Waals surface area contributed by atoms with Crippen LogP contribution in [0.4, 0.5) is 0 Å². The second kappa shape index (κ2) is 10.6. The molecule has 0 unspecified atom stereocenters. The number of methoxy groups -OCH3 is 4. The van der Waals surface area contributed by atoms with Gasteiger partial charge in [-0.3, -0.25) is 0 Å². The first-order chi connectivity index (χ1) is 17.3. The van der Waals surface area contributed by atoms with Crippen molar-refractivity contribution in [2.24, 2.45) is 0 Å². The fourth-order valence-electron chi connectivity index (χ4n) is 4.96. The topological polar surface area (TPSA) is 77.4 Å². The predicted molar refractivity (Wildman–Crippen MR) is 144 cm³/mol. The van der Waals surface area contributed by atoms with Crippen LogP contribution in [0.15, 0.2) is 48.5 Å². The van der Waals surface area contributed by atoms with E-state index in [0.717, 1.165) is 66.8 Å². The van der Waals surface area contributed by atoms with E-state index in [-0.39, 0.29) is 0 Å². The van der Waals surface area contributed by atoms with Gasteiger partial charge in [-0.25, -0.2) is 0 Å². The van der Waals surface area contributed by atoms with Gasteiger partial charge in [-0.05, 0) is 61.4 Å². The molecule has 0 aliphatic carbocycles. The van der Waals surface area contributed by atoms with E-state index in [0.29, 0.717) is 12.8 Å². The fraction of sp³-hybridized carbons (Fsp3) is 0.333. The Morgan fingerprint density at radius 2 is 0.944 bits per heavy atom. The van der Waals surface area contributed by atoms with Crippen molar-refractivity contribution in [3.8, 4) is 34.1 Å². The first kappa shape index (κ1) is 25.6. The third-order valence-electron chi connectivity index (χ3n) is 6.47. The molecular formula is C30H34O6. The highest BCUT2D eigenvalue weighted by atomic mass is 16.5. The summed E-state index contributed by atoms with van der Waals surface area (Å²) in [5.74, 6) is 2.93. The van der Waals surface area contributed by atoms with E-state index in [1.807, 2.05) is 24.3 Å². The zero-order valence-corrected chi connectivity index (χ0v) is 21.7. The molecular weight excluding hydrogens is 456 g/mol. The molecule has 4 aromatic carbocycles. The summed E-state index contributed by atoms with van der Waals surface area (Å²) in [5.41, 5.74) is 3.78. The molecule has 0 aliphatic rings. The summed E-state index contributed by atoms with van der Waals surface area (Å²) in [4.78, 5) is 0. The van der Waals surface area contributed by atoms with Crippen LogP contribution in [0.2, 0.25) is 0 Å². The minimum atomic E-state index is -0.511. The lowest BCUT2D eigenvalue weighted by molar-refractivity contribution is 0.193. The van der Waals surface area contributed by atoms with Crippen molar-refractivity contribution >= 4 is 21.5 Å². The molecule has 0 aliphatic heterocycles. The maximum Gasteiger partial charge on any atom is 0.130 e. The van der Waals surface area contributed by atoms with Crippen LogP contribution in [0.3, 0.4) is 0 Å². The van der Waals surface area contributed by atoms with Crippen molar-refractivity contribution in [3.63, 3.8) is 0 Å². The van der Waals surface area contributed by atoms with E-state index < -0.39 is 12.2 Å². The van der Waals surface area contributed by atoms with Gasteiger partial charge in [-0.2, -0.15) is 0 Å². The molecule has 2 N–H and O–H groups in total. The first-order valence-corrected chi connectivity index (χ1v) is 12.0. The highest BCUT2D eigenvalue weighted by molar-refractivity contribution is 6.00. The Hall–Kier alpha value is -3.48. The summed E-state index contributed by atoms with van der Waals surface area (Å²) >= 11 is 0. The molecule has 0 aromatic heterocycles. The van der Waals surface area contributed by atoms with E-state index in [1.54, 1.807) is 42.3 Å². The minimum Gasteiger partial charge on any atom is -0.496 e. The molecule has 0 bridgehead atoms. The van der Waals surface area contributed by atoms with Crippen molar-refractivity contribution in [3.05, 3.63) is 59.7 Å². The largest absolute Gasteiger partial charge is 0.496 e. The van der Waals surface area contributed by atoms with Gasteiger partial charge in [0.25, 0.3) is 0 Å². The van der Waals surface area contributed by atoms with Gasteiger partial charge in [0, 0.05) is 45.5 Å². The number of hydrogen-bond acceptors (Lipinski definition) is 6. The van der Waals surface area contributed by atoms with Gasteiger partial charge in [-0.15, -0.1) is 0 Å². The van der Waals surface area contributed by atoms with E-state index in [2.05, 4.69) is 24.3 Å². The number of aliphatic hydroxyl groups excluding tert-OH is 2. The van der Waals surface area contributed by atoms with Gasteiger partial charge in [-0.1, -0.05) is 12.1 Å². The van der Waals surface area contributed by atoms with E-state index >= 15 is 0 Å². The summed E-state index contributed by atoms with van der Waals surface area (Å²) in [6.07, 6.45) is -0.108. The van der Waals surface area contributed by atoms with Crippen LogP contribution in [0.25, 0.3) is 32.7 Å². The molecule has 0 radical (unpaired) electrons. The van der Waals surface area contributed by atoms with Crippen LogP contribution in [0.1, 0.15) is 25.0 Å². The van der Waals surface area contributed by atoms with Gasteiger partial charge in [0.1, 0.15) is 23.0 Å². The van der Waals surface area contributed by atoms with Crippen molar-refractivity contribution in [1.29, 1.82) is 0 Å². The standard InChI is InChI=1S/C30H34O6/c1-17(31)11-21-15-27(33-3)23-9-7-19(13-25(23)29(21)35-5)20-8-10-24-26(14-20)30(36-6)22(12-18(2)32)16-28(24)34-4/h7-10,13-18,31-32H,11-12H2,1-6H3/t17-,18-/m0/s1. The lowest BCUT2D eigenvalue weighted by Crippen LogP contribution is -2.07.